The number of hydrogen-bond acceptors (Lipinski definition) is 6. The molecule has 0 saturated carbocycles. The van der Waals surface area contributed by atoms with Crippen molar-refractivity contribution in [1.82, 2.24) is 4.98 Å². The number of aliphatic hydroxyl groups is 1. The van der Waals surface area contributed by atoms with Gasteiger partial charge in [-0.25, -0.2) is 4.98 Å². The lowest BCUT2D eigenvalue weighted by Crippen LogP contribution is -2.29. The number of carbonyl (C=O) groups is 1. The van der Waals surface area contributed by atoms with E-state index in [4.69, 9.17) is 14.7 Å². The van der Waals surface area contributed by atoms with Crippen LogP contribution in [-0.2, 0) is 4.79 Å². The van der Waals surface area contributed by atoms with Crippen molar-refractivity contribution in [3.05, 3.63) is 46.6 Å². The number of pyridine rings is 1. The van der Waals surface area contributed by atoms with Crippen LogP contribution in [0.15, 0.2) is 24.4 Å². The predicted octanol–water partition coefficient (Wildman–Crippen LogP) is 3.74. The van der Waals surface area contributed by atoms with Gasteiger partial charge < -0.3 is 19.9 Å². The summed E-state index contributed by atoms with van der Waals surface area (Å²) >= 11 is 0. The fourth-order valence-corrected chi connectivity index (χ4v) is 2.74. The summed E-state index contributed by atoms with van der Waals surface area (Å²) in [6.07, 6.45) is 0.400. The van der Waals surface area contributed by atoms with Crippen molar-refractivity contribution in [1.29, 1.82) is 5.26 Å². The van der Waals surface area contributed by atoms with Crippen LogP contribution >= 0.6 is 0 Å². The van der Waals surface area contributed by atoms with Gasteiger partial charge in [0.25, 0.3) is 0 Å². The van der Waals surface area contributed by atoms with Crippen molar-refractivity contribution in [2.45, 2.75) is 40.7 Å². The van der Waals surface area contributed by atoms with Crippen molar-refractivity contribution in [2.75, 3.05) is 19.0 Å². The van der Waals surface area contributed by atoms with Gasteiger partial charge in [-0.05, 0) is 31.5 Å². The molecule has 0 aliphatic heterocycles. The van der Waals surface area contributed by atoms with Crippen molar-refractivity contribution >= 4 is 11.6 Å². The Labute approximate surface area is 171 Å². The van der Waals surface area contributed by atoms with Gasteiger partial charge in [0, 0.05) is 17.2 Å². The molecule has 7 heteroatoms. The number of carbonyl (C=O) groups excluding carboxylic acids is 1. The van der Waals surface area contributed by atoms with Crippen molar-refractivity contribution in [3.8, 4) is 17.7 Å². The molecule has 2 aromatic rings. The number of benzene rings is 1. The van der Waals surface area contributed by atoms with E-state index in [0.29, 0.717) is 40.3 Å². The maximum absolute atomic E-state index is 12.7. The van der Waals surface area contributed by atoms with Gasteiger partial charge in [0.05, 0.1) is 36.6 Å². The van der Waals surface area contributed by atoms with Crippen LogP contribution in [0.2, 0.25) is 0 Å². The first-order chi connectivity index (χ1) is 13.6. The monoisotopic (exact) mass is 397 g/mol. The zero-order valence-corrected chi connectivity index (χ0v) is 17.7. The second-order valence-electron chi connectivity index (χ2n) is 7.64. The topological polar surface area (TPSA) is 104 Å². The lowest BCUT2D eigenvalue weighted by molar-refractivity contribution is -0.123. The lowest BCUT2D eigenvalue weighted by atomic mass is 9.93. The summed E-state index contributed by atoms with van der Waals surface area (Å²) in [5.74, 6) is 0.379. The van der Waals surface area contributed by atoms with E-state index < -0.39 is 11.5 Å². The molecule has 7 nitrogen and oxygen atoms in total. The Kier molecular flexibility index (Phi) is 6.83. The maximum Gasteiger partial charge on any atom is 0.229 e. The minimum Gasteiger partial charge on any atom is -0.496 e. The molecule has 1 aromatic carbocycles. The highest BCUT2D eigenvalue weighted by atomic mass is 16.5. The number of methoxy groups -OCH3 is 1. The number of ether oxygens (including phenoxy) is 2. The molecule has 1 atom stereocenters. The highest BCUT2D eigenvalue weighted by molar-refractivity contribution is 5.96. The normalized spacial score (nSPS) is 12.1. The molecular weight excluding hydrogens is 370 g/mol. The average molecular weight is 397 g/mol. The molecule has 0 radical (unpaired) electrons. The first-order valence-corrected chi connectivity index (χ1v) is 9.33. The summed E-state index contributed by atoms with van der Waals surface area (Å²) in [5.41, 5.74) is 1.69. The number of nitrogens with one attached hydrogen (secondary N) is 1. The largest absolute Gasteiger partial charge is 0.496 e. The molecular formula is C22H27N3O4. The minimum absolute atomic E-state index is 0.200. The fraction of sp³-hybridized carbons (Fsp3) is 0.409. The van der Waals surface area contributed by atoms with Crippen LogP contribution in [0.4, 0.5) is 5.69 Å². The van der Waals surface area contributed by atoms with E-state index >= 15 is 0 Å². The summed E-state index contributed by atoms with van der Waals surface area (Å²) < 4.78 is 11.0. The highest BCUT2D eigenvalue weighted by Crippen LogP contribution is 2.40. The number of anilines is 1. The number of amides is 1. The number of nitriles is 1. The molecule has 1 heterocycles. The Morgan fingerprint density at radius 1 is 1.38 bits per heavy atom. The van der Waals surface area contributed by atoms with Gasteiger partial charge in [-0.2, -0.15) is 5.26 Å². The number of aromatic nitrogens is 1. The molecule has 2 rings (SSSR count). The van der Waals surface area contributed by atoms with Crippen LogP contribution in [0.5, 0.6) is 11.6 Å². The number of aliphatic hydroxyl groups excluding tert-OH is 1. The Morgan fingerprint density at radius 2 is 2.07 bits per heavy atom. The van der Waals surface area contributed by atoms with Crippen LogP contribution in [0, 0.1) is 23.7 Å². The summed E-state index contributed by atoms with van der Waals surface area (Å²) in [4.78, 5) is 17.0. The third kappa shape index (κ3) is 4.84. The van der Waals surface area contributed by atoms with E-state index in [1.54, 1.807) is 31.3 Å². The van der Waals surface area contributed by atoms with E-state index in [0.717, 1.165) is 0 Å². The third-order valence-corrected chi connectivity index (χ3v) is 4.40. The molecule has 1 amide bonds. The van der Waals surface area contributed by atoms with Crippen LogP contribution < -0.4 is 14.8 Å². The first kappa shape index (κ1) is 22.2. The van der Waals surface area contributed by atoms with Crippen LogP contribution in [0.25, 0.3) is 0 Å². The van der Waals surface area contributed by atoms with Crippen LogP contribution in [-0.4, -0.2) is 29.7 Å². The average Bonchev–Trinajstić information content (AvgIpc) is 2.68. The Balaban J connectivity index is 2.67. The molecule has 0 aliphatic carbocycles. The van der Waals surface area contributed by atoms with Crippen molar-refractivity contribution in [3.63, 3.8) is 0 Å². The van der Waals surface area contributed by atoms with Gasteiger partial charge in [0.15, 0.2) is 0 Å². The molecule has 0 spiro atoms. The van der Waals surface area contributed by atoms with Crippen molar-refractivity contribution in [2.24, 2.45) is 5.41 Å². The predicted molar refractivity (Wildman–Crippen MR) is 110 cm³/mol. The van der Waals surface area contributed by atoms with Crippen molar-refractivity contribution < 1.29 is 19.4 Å². The third-order valence-electron chi connectivity index (χ3n) is 4.40. The van der Waals surface area contributed by atoms with Gasteiger partial charge in [0.2, 0.25) is 11.8 Å². The van der Waals surface area contributed by atoms with E-state index in [9.17, 15) is 9.90 Å². The van der Waals surface area contributed by atoms with Gasteiger partial charge >= 0.3 is 0 Å². The standard InChI is InChI=1S/C22H27N3O4/c1-7-29-20-17(18(13(2)12-24-20)25-21(27)22(3,4)5)19(26)15-9-8-14(11-23)10-16(15)28-6/h8-10,12,19,26H,7H2,1-6H3,(H,24,25,27). The van der Waals surface area contributed by atoms with Crippen LogP contribution in [0.3, 0.4) is 0 Å². The SMILES string of the molecule is CCOc1ncc(C)c(NC(=O)C(C)(C)C)c1C(O)c1ccc(C#N)cc1OC. The first-order valence-electron chi connectivity index (χ1n) is 9.33. The summed E-state index contributed by atoms with van der Waals surface area (Å²) in [5, 5.41) is 23.3. The summed E-state index contributed by atoms with van der Waals surface area (Å²) in [6.45, 7) is 9.37. The molecule has 0 fully saturated rings. The maximum atomic E-state index is 12.7. The molecule has 2 N–H and O–H groups in total. The second kappa shape index (κ2) is 8.93. The zero-order chi connectivity index (χ0) is 21.8. The molecule has 1 unspecified atom stereocenters. The molecule has 0 saturated heterocycles. The van der Waals surface area contributed by atoms with Gasteiger partial charge in [-0.1, -0.05) is 26.8 Å². The molecule has 154 valence electrons. The smallest absolute Gasteiger partial charge is 0.229 e. The van der Waals surface area contributed by atoms with E-state index in [1.807, 2.05) is 33.8 Å². The van der Waals surface area contributed by atoms with Crippen LogP contribution in [0.1, 0.15) is 56.1 Å². The summed E-state index contributed by atoms with van der Waals surface area (Å²) in [6, 6.07) is 6.81. The van der Waals surface area contributed by atoms with E-state index in [-0.39, 0.29) is 11.8 Å². The molecule has 0 bridgehead atoms. The number of rotatable bonds is 6. The lowest BCUT2D eigenvalue weighted by Gasteiger charge is -2.25. The highest BCUT2D eigenvalue weighted by Gasteiger charge is 2.29. The number of nitrogens with zero attached hydrogens (tertiary/aromatic N) is 2. The van der Waals surface area contributed by atoms with Gasteiger partial charge in [-0.15, -0.1) is 0 Å². The van der Waals surface area contributed by atoms with Gasteiger partial charge in [0.1, 0.15) is 11.9 Å². The van der Waals surface area contributed by atoms with Gasteiger partial charge in [-0.3, -0.25) is 4.79 Å². The van der Waals surface area contributed by atoms with E-state index in [2.05, 4.69) is 10.3 Å². The fourth-order valence-electron chi connectivity index (χ4n) is 2.74. The molecule has 29 heavy (non-hydrogen) atoms. The Hall–Kier alpha value is -3.11. The Bertz CT molecular complexity index is 942. The zero-order valence-electron chi connectivity index (χ0n) is 17.7. The molecule has 1 aromatic heterocycles. The number of aryl methyl sites for hydroxylation is 1. The van der Waals surface area contributed by atoms with E-state index in [1.165, 1.54) is 7.11 Å². The quantitative estimate of drug-likeness (QED) is 0.769. The second-order valence-corrected chi connectivity index (χ2v) is 7.64. The Morgan fingerprint density at radius 3 is 2.62 bits per heavy atom. The molecule has 0 aliphatic rings. The summed E-state index contributed by atoms with van der Waals surface area (Å²) in [7, 11) is 1.47. The minimum atomic E-state index is -1.19. The number of hydrogen-bond donors (Lipinski definition) is 2.